The van der Waals surface area contributed by atoms with Crippen molar-refractivity contribution in [2.24, 2.45) is 0 Å². The van der Waals surface area contributed by atoms with Crippen LogP contribution in [-0.4, -0.2) is 35.7 Å². The Hall–Kier alpha value is -4.46. The maximum Gasteiger partial charge on any atom is 0.340 e. The Morgan fingerprint density at radius 2 is 1.62 bits per heavy atom. The summed E-state index contributed by atoms with van der Waals surface area (Å²) in [5.41, 5.74) is 7.05. The molecule has 0 radical (unpaired) electrons. The highest BCUT2D eigenvalue weighted by molar-refractivity contribution is 6.02. The molecule has 0 aromatic heterocycles. The standard InChI is InChI=1S/C32H34FN3O4/c1-21-16-22(2)18-27(17-21)35-32(40)36(28-14-12-25(13-15-28)24-6-4-3-5-7-24)20-23-8-10-26(11-9-23)30(37)34-19-29(33)31(38)39/h6,8-18,29H,3-5,7,19-20H2,1-2H3,(H,34,37)(H,35,40)(H,38,39). The summed E-state index contributed by atoms with van der Waals surface area (Å²) in [5.74, 6) is -2.20. The third-order valence-corrected chi connectivity index (χ3v) is 6.83. The Labute approximate surface area is 233 Å². The second-order valence-corrected chi connectivity index (χ2v) is 10.1. The minimum atomic E-state index is -2.17. The fourth-order valence-electron chi connectivity index (χ4n) is 4.79. The molecule has 0 heterocycles. The summed E-state index contributed by atoms with van der Waals surface area (Å²) in [4.78, 5) is 38.2. The van der Waals surface area contributed by atoms with E-state index >= 15 is 0 Å². The number of aliphatic carboxylic acids is 1. The number of carbonyl (C=O) groups excluding carboxylic acids is 2. The van der Waals surface area contributed by atoms with Gasteiger partial charge in [-0.25, -0.2) is 14.0 Å². The van der Waals surface area contributed by atoms with Crippen LogP contribution in [0, 0.1) is 13.8 Å². The molecule has 3 aromatic rings. The summed E-state index contributed by atoms with van der Waals surface area (Å²) in [6.45, 7) is 3.58. The number of allylic oxidation sites excluding steroid dienone is 2. The van der Waals surface area contributed by atoms with Gasteiger partial charge in [0.15, 0.2) is 0 Å². The van der Waals surface area contributed by atoms with E-state index in [0.29, 0.717) is 5.69 Å². The molecule has 3 N–H and O–H groups in total. The maximum absolute atomic E-state index is 13.6. The van der Waals surface area contributed by atoms with Crippen LogP contribution in [0.3, 0.4) is 0 Å². The van der Waals surface area contributed by atoms with Crippen molar-refractivity contribution in [3.05, 3.63) is 101 Å². The van der Waals surface area contributed by atoms with Gasteiger partial charge in [-0.1, -0.05) is 36.4 Å². The molecule has 0 fully saturated rings. The normalized spacial score (nSPS) is 13.6. The van der Waals surface area contributed by atoms with Crippen LogP contribution in [0.5, 0.6) is 0 Å². The highest BCUT2D eigenvalue weighted by Gasteiger charge is 2.19. The van der Waals surface area contributed by atoms with Crippen molar-refractivity contribution >= 4 is 34.9 Å². The molecule has 0 saturated carbocycles. The molecule has 7 nitrogen and oxygen atoms in total. The first kappa shape index (κ1) is 28.5. The predicted octanol–water partition coefficient (Wildman–Crippen LogP) is 6.65. The van der Waals surface area contributed by atoms with E-state index in [-0.39, 0.29) is 18.1 Å². The van der Waals surface area contributed by atoms with Crippen LogP contribution in [0.25, 0.3) is 5.57 Å². The molecule has 0 spiro atoms. The minimum Gasteiger partial charge on any atom is -0.479 e. The van der Waals surface area contributed by atoms with Gasteiger partial charge in [0.05, 0.1) is 13.1 Å². The number of hydrogen-bond acceptors (Lipinski definition) is 3. The Balaban J connectivity index is 1.54. The molecule has 0 bridgehead atoms. The molecule has 4 rings (SSSR count). The van der Waals surface area contributed by atoms with E-state index in [0.717, 1.165) is 40.8 Å². The average Bonchev–Trinajstić information content (AvgIpc) is 2.94. The maximum atomic E-state index is 13.6. The molecule has 40 heavy (non-hydrogen) atoms. The predicted molar refractivity (Wildman–Crippen MR) is 155 cm³/mol. The van der Waals surface area contributed by atoms with Gasteiger partial charge in [0, 0.05) is 16.9 Å². The Bertz CT molecular complexity index is 1380. The Kier molecular flexibility index (Phi) is 9.32. The van der Waals surface area contributed by atoms with Crippen molar-refractivity contribution < 1.29 is 23.9 Å². The zero-order valence-electron chi connectivity index (χ0n) is 22.7. The number of urea groups is 1. The molecule has 1 unspecified atom stereocenters. The van der Waals surface area contributed by atoms with Gasteiger partial charge in [-0.15, -0.1) is 0 Å². The Morgan fingerprint density at radius 1 is 0.950 bits per heavy atom. The van der Waals surface area contributed by atoms with E-state index in [2.05, 4.69) is 16.7 Å². The summed E-state index contributed by atoms with van der Waals surface area (Å²) in [6.07, 6.45) is 4.65. The van der Waals surface area contributed by atoms with E-state index in [1.54, 1.807) is 29.2 Å². The fourth-order valence-corrected chi connectivity index (χ4v) is 4.79. The molecule has 8 heteroatoms. The van der Waals surface area contributed by atoms with E-state index < -0.39 is 24.6 Å². The molecule has 208 valence electrons. The van der Waals surface area contributed by atoms with Crippen LogP contribution in [0.1, 0.15) is 58.3 Å². The number of amides is 3. The number of carboxylic acid groups (broad SMARTS) is 1. The molecule has 3 aromatic carbocycles. The zero-order chi connectivity index (χ0) is 28.6. The summed E-state index contributed by atoms with van der Waals surface area (Å²) >= 11 is 0. The van der Waals surface area contributed by atoms with Crippen LogP contribution >= 0.6 is 0 Å². The van der Waals surface area contributed by atoms with Gasteiger partial charge in [-0.2, -0.15) is 0 Å². The van der Waals surface area contributed by atoms with Gasteiger partial charge in [0.2, 0.25) is 6.17 Å². The molecule has 0 aliphatic heterocycles. The van der Waals surface area contributed by atoms with Crippen LogP contribution < -0.4 is 15.5 Å². The average molecular weight is 544 g/mol. The largest absolute Gasteiger partial charge is 0.479 e. The van der Waals surface area contributed by atoms with E-state index in [1.165, 1.54) is 18.4 Å². The van der Waals surface area contributed by atoms with Crippen LogP contribution in [0.4, 0.5) is 20.6 Å². The smallest absolute Gasteiger partial charge is 0.340 e. The lowest BCUT2D eigenvalue weighted by atomic mass is 9.93. The summed E-state index contributed by atoms with van der Waals surface area (Å²) in [6, 6.07) is 20.1. The minimum absolute atomic E-state index is 0.242. The number of rotatable bonds is 9. The monoisotopic (exact) mass is 543 g/mol. The summed E-state index contributed by atoms with van der Waals surface area (Å²) in [7, 11) is 0. The second kappa shape index (κ2) is 13.1. The number of nitrogens with one attached hydrogen (secondary N) is 2. The molecule has 3 amide bonds. The third kappa shape index (κ3) is 7.56. The summed E-state index contributed by atoms with van der Waals surface area (Å²) < 4.78 is 13.3. The second-order valence-electron chi connectivity index (χ2n) is 10.1. The molecule has 1 atom stereocenters. The number of benzene rings is 3. The van der Waals surface area contributed by atoms with Crippen molar-refractivity contribution in [2.75, 3.05) is 16.8 Å². The number of halogens is 1. The fraction of sp³-hybridized carbons (Fsp3) is 0.281. The van der Waals surface area contributed by atoms with E-state index in [9.17, 15) is 18.8 Å². The first-order valence-electron chi connectivity index (χ1n) is 13.4. The van der Waals surface area contributed by atoms with E-state index in [4.69, 9.17) is 5.11 Å². The lowest BCUT2D eigenvalue weighted by Gasteiger charge is -2.24. The number of carbonyl (C=O) groups is 3. The van der Waals surface area contributed by atoms with Gasteiger partial charge in [0.1, 0.15) is 0 Å². The van der Waals surface area contributed by atoms with Crippen molar-refractivity contribution in [3.8, 4) is 0 Å². The molecular formula is C32H34FN3O4. The first-order valence-corrected chi connectivity index (χ1v) is 13.4. The van der Waals surface area contributed by atoms with Gasteiger partial charge >= 0.3 is 12.0 Å². The van der Waals surface area contributed by atoms with Gasteiger partial charge in [-0.3, -0.25) is 9.69 Å². The molecule has 0 saturated heterocycles. The molecule has 1 aliphatic carbocycles. The SMILES string of the molecule is Cc1cc(C)cc(NC(=O)N(Cc2ccc(C(=O)NCC(F)C(=O)O)cc2)c2ccc(C3=CCCCC3)cc2)c1. The number of aryl methyl sites for hydroxylation is 2. The lowest BCUT2D eigenvalue weighted by Crippen LogP contribution is -2.35. The van der Waals surface area contributed by atoms with Crippen LogP contribution in [0.15, 0.2) is 72.8 Å². The number of alkyl halides is 1. The molecular weight excluding hydrogens is 509 g/mol. The number of anilines is 2. The Morgan fingerprint density at radius 3 is 2.23 bits per heavy atom. The number of carboxylic acids is 1. The van der Waals surface area contributed by atoms with Gasteiger partial charge in [0.25, 0.3) is 5.91 Å². The quantitative estimate of drug-likeness (QED) is 0.281. The van der Waals surface area contributed by atoms with Crippen molar-refractivity contribution in [1.82, 2.24) is 5.32 Å². The van der Waals surface area contributed by atoms with Gasteiger partial charge in [-0.05, 0) is 104 Å². The summed E-state index contributed by atoms with van der Waals surface area (Å²) in [5, 5.41) is 14.0. The highest BCUT2D eigenvalue weighted by atomic mass is 19.1. The van der Waals surface area contributed by atoms with Crippen molar-refractivity contribution in [2.45, 2.75) is 52.2 Å². The number of nitrogens with zero attached hydrogens (tertiary/aromatic N) is 1. The van der Waals surface area contributed by atoms with Crippen LogP contribution in [-0.2, 0) is 11.3 Å². The highest BCUT2D eigenvalue weighted by Crippen LogP contribution is 2.29. The zero-order valence-corrected chi connectivity index (χ0v) is 22.7. The molecule has 1 aliphatic rings. The van der Waals surface area contributed by atoms with E-state index in [1.807, 2.05) is 56.3 Å². The third-order valence-electron chi connectivity index (χ3n) is 6.83. The van der Waals surface area contributed by atoms with Gasteiger partial charge < -0.3 is 15.7 Å². The van der Waals surface area contributed by atoms with Crippen LogP contribution in [0.2, 0.25) is 0 Å². The topological polar surface area (TPSA) is 98.7 Å². The first-order chi connectivity index (χ1) is 19.2. The number of hydrogen-bond donors (Lipinski definition) is 3. The van der Waals surface area contributed by atoms with Crippen molar-refractivity contribution in [3.63, 3.8) is 0 Å². The lowest BCUT2D eigenvalue weighted by molar-refractivity contribution is -0.142. The van der Waals surface area contributed by atoms with Crippen molar-refractivity contribution in [1.29, 1.82) is 0 Å².